The molecule has 9 nitrogen and oxygen atoms in total. The predicted octanol–water partition coefficient (Wildman–Crippen LogP) is 2.82. The van der Waals surface area contributed by atoms with E-state index in [2.05, 4.69) is 25.5 Å². The molecule has 0 aliphatic carbocycles. The molecule has 0 aliphatic heterocycles. The van der Waals surface area contributed by atoms with E-state index >= 15 is 0 Å². The lowest BCUT2D eigenvalue weighted by Crippen LogP contribution is -2.22. The number of ether oxygens (including phenoxy) is 1. The SMILES string of the molecule is COCCCS(=O)c1ccc(C(=N)C(=O)Nc2nc3ccc(NCCN(C)C)nc3s2)cc1. The zero-order chi connectivity index (χ0) is 23.8. The van der Waals surface area contributed by atoms with Crippen LogP contribution in [0.15, 0.2) is 41.3 Å². The van der Waals surface area contributed by atoms with E-state index in [9.17, 15) is 9.00 Å². The van der Waals surface area contributed by atoms with Crippen LogP contribution in [0.25, 0.3) is 10.3 Å². The molecule has 0 radical (unpaired) electrons. The van der Waals surface area contributed by atoms with Crippen molar-refractivity contribution in [2.45, 2.75) is 11.3 Å². The molecule has 3 rings (SSSR count). The average molecular weight is 489 g/mol. The Morgan fingerprint density at radius 1 is 1.18 bits per heavy atom. The predicted molar refractivity (Wildman–Crippen MR) is 134 cm³/mol. The molecule has 0 spiro atoms. The molecule has 0 fully saturated rings. The summed E-state index contributed by atoms with van der Waals surface area (Å²) in [6.45, 7) is 2.21. The van der Waals surface area contributed by atoms with Crippen LogP contribution in [0.4, 0.5) is 10.9 Å². The third kappa shape index (κ3) is 7.13. The minimum absolute atomic E-state index is 0.190. The minimum atomic E-state index is -1.14. The molecule has 176 valence electrons. The maximum Gasteiger partial charge on any atom is 0.275 e. The van der Waals surface area contributed by atoms with Gasteiger partial charge in [0.05, 0.1) is 10.8 Å². The van der Waals surface area contributed by atoms with Gasteiger partial charge in [-0.3, -0.25) is 19.7 Å². The Balaban J connectivity index is 1.60. The molecule has 3 N–H and O–H groups in total. The fraction of sp³-hybridized carbons (Fsp3) is 0.364. The first-order chi connectivity index (χ1) is 15.9. The van der Waals surface area contributed by atoms with E-state index in [1.165, 1.54) is 11.3 Å². The van der Waals surface area contributed by atoms with Gasteiger partial charge in [0.15, 0.2) is 5.13 Å². The lowest BCUT2D eigenvalue weighted by molar-refractivity contribution is -0.110. The van der Waals surface area contributed by atoms with Crippen LogP contribution in [0.3, 0.4) is 0 Å². The van der Waals surface area contributed by atoms with Gasteiger partial charge in [-0.25, -0.2) is 9.97 Å². The van der Waals surface area contributed by atoms with Crippen LogP contribution in [-0.2, 0) is 20.3 Å². The van der Waals surface area contributed by atoms with Crippen molar-refractivity contribution in [3.05, 3.63) is 42.0 Å². The topological polar surface area (TPSA) is 120 Å². The second-order valence-corrected chi connectivity index (χ2v) is 10.1. The van der Waals surface area contributed by atoms with Gasteiger partial charge >= 0.3 is 0 Å². The molecule has 11 heteroatoms. The highest BCUT2D eigenvalue weighted by molar-refractivity contribution is 7.85. The van der Waals surface area contributed by atoms with Gasteiger partial charge in [-0.1, -0.05) is 23.5 Å². The first kappa shape index (κ1) is 24.9. The van der Waals surface area contributed by atoms with E-state index in [1.807, 2.05) is 26.2 Å². The lowest BCUT2D eigenvalue weighted by Gasteiger charge is -2.10. The Kier molecular flexibility index (Phi) is 9.01. The maximum atomic E-state index is 12.6. The average Bonchev–Trinajstić information content (AvgIpc) is 3.20. The van der Waals surface area contributed by atoms with Crippen molar-refractivity contribution in [3.8, 4) is 0 Å². The van der Waals surface area contributed by atoms with Crippen molar-refractivity contribution in [2.75, 3.05) is 57.3 Å². The van der Waals surface area contributed by atoms with Crippen LogP contribution in [0.1, 0.15) is 12.0 Å². The molecule has 1 unspecified atom stereocenters. The highest BCUT2D eigenvalue weighted by atomic mass is 32.2. The van der Waals surface area contributed by atoms with Gasteiger partial charge in [-0.2, -0.15) is 0 Å². The van der Waals surface area contributed by atoms with Crippen LogP contribution >= 0.6 is 11.3 Å². The number of thiazole rings is 1. The third-order valence-corrected chi connectivity index (χ3v) is 6.99. The fourth-order valence-electron chi connectivity index (χ4n) is 2.89. The van der Waals surface area contributed by atoms with Crippen molar-refractivity contribution < 1.29 is 13.7 Å². The van der Waals surface area contributed by atoms with Gasteiger partial charge in [0, 0.05) is 43.0 Å². The standard InChI is InChI=1S/C22H28N6O3S2/c1-28(2)12-11-24-18-10-9-17-21(26-18)32-22(25-17)27-20(29)19(23)15-5-7-16(8-6-15)33(30)14-4-13-31-3/h5-10,23H,4,11-14H2,1-3H3,(H,24,26)(H,25,27,29). The van der Waals surface area contributed by atoms with Crippen molar-refractivity contribution in [3.63, 3.8) is 0 Å². The molecule has 0 saturated heterocycles. The zero-order valence-electron chi connectivity index (χ0n) is 18.9. The van der Waals surface area contributed by atoms with Gasteiger partial charge in [-0.15, -0.1) is 0 Å². The summed E-state index contributed by atoms with van der Waals surface area (Å²) in [4.78, 5) is 25.0. The summed E-state index contributed by atoms with van der Waals surface area (Å²) in [5.41, 5.74) is 0.932. The van der Waals surface area contributed by atoms with E-state index in [0.717, 1.165) is 18.9 Å². The number of hydrogen-bond acceptors (Lipinski definition) is 9. The number of nitrogens with zero attached hydrogens (tertiary/aromatic N) is 3. The van der Waals surface area contributed by atoms with Gasteiger partial charge in [0.1, 0.15) is 21.9 Å². The van der Waals surface area contributed by atoms with Crippen molar-refractivity contribution >= 4 is 55.1 Å². The molecule has 1 atom stereocenters. The summed E-state index contributed by atoms with van der Waals surface area (Å²) in [6.07, 6.45) is 0.702. The summed E-state index contributed by atoms with van der Waals surface area (Å²) < 4.78 is 17.3. The molecule has 3 aromatic rings. The number of benzene rings is 1. The van der Waals surface area contributed by atoms with E-state index in [4.69, 9.17) is 10.1 Å². The Morgan fingerprint density at radius 3 is 2.64 bits per heavy atom. The van der Waals surface area contributed by atoms with E-state index in [0.29, 0.717) is 44.7 Å². The Hall–Kier alpha value is -2.73. The molecule has 0 bridgehead atoms. The molecular weight excluding hydrogens is 460 g/mol. The monoisotopic (exact) mass is 488 g/mol. The van der Waals surface area contributed by atoms with E-state index < -0.39 is 16.7 Å². The Bertz CT molecular complexity index is 1130. The van der Waals surface area contributed by atoms with E-state index in [-0.39, 0.29) is 5.71 Å². The van der Waals surface area contributed by atoms with Crippen LogP contribution in [0.5, 0.6) is 0 Å². The highest BCUT2D eigenvalue weighted by Crippen LogP contribution is 2.25. The molecule has 0 aliphatic rings. The highest BCUT2D eigenvalue weighted by Gasteiger charge is 2.16. The number of hydrogen-bond donors (Lipinski definition) is 3. The maximum absolute atomic E-state index is 12.6. The third-order valence-electron chi connectivity index (χ3n) is 4.65. The summed E-state index contributed by atoms with van der Waals surface area (Å²) in [5.74, 6) is 0.689. The molecule has 1 amide bonds. The first-order valence-corrected chi connectivity index (χ1v) is 12.5. The van der Waals surface area contributed by atoms with Gasteiger partial charge < -0.3 is 15.0 Å². The number of amides is 1. The number of carbonyl (C=O) groups is 1. The van der Waals surface area contributed by atoms with Crippen molar-refractivity contribution in [1.82, 2.24) is 14.9 Å². The number of carbonyl (C=O) groups excluding carboxylic acids is 1. The minimum Gasteiger partial charge on any atom is -0.385 e. The van der Waals surface area contributed by atoms with Crippen molar-refractivity contribution in [2.24, 2.45) is 0 Å². The largest absolute Gasteiger partial charge is 0.385 e. The van der Waals surface area contributed by atoms with Crippen LogP contribution in [0.2, 0.25) is 0 Å². The second kappa shape index (κ2) is 11.9. The molecule has 33 heavy (non-hydrogen) atoms. The van der Waals surface area contributed by atoms with Crippen molar-refractivity contribution in [1.29, 1.82) is 5.41 Å². The van der Waals surface area contributed by atoms with Gasteiger partial charge in [0.2, 0.25) is 0 Å². The number of methoxy groups -OCH3 is 1. The lowest BCUT2D eigenvalue weighted by atomic mass is 10.1. The summed E-state index contributed by atoms with van der Waals surface area (Å²) in [6, 6.07) is 10.3. The molecule has 0 saturated carbocycles. The summed E-state index contributed by atoms with van der Waals surface area (Å²) in [5, 5.41) is 14.5. The summed E-state index contributed by atoms with van der Waals surface area (Å²) in [7, 11) is 4.49. The summed E-state index contributed by atoms with van der Waals surface area (Å²) >= 11 is 1.26. The van der Waals surface area contributed by atoms with Crippen LogP contribution < -0.4 is 10.6 Å². The molecule has 2 heterocycles. The zero-order valence-corrected chi connectivity index (χ0v) is 20.5. The number of rotatable bonds is 12. The smallest absolute Gasteiger partial charge is 0.275 e. The second-order valence-electron chi connectivity index (χ2n) is 7.52. The molecule has 2 aromatic heterocycles. The van der Waals surface area contributed by atoms with Gasteiger partial charge in [0.25, 0.3) is 5.91 Å². The van der Waals surface area contributed by atoms with E-state index in [1.54, 1.807) is 31.4 Å². The number of pyridine rings is 1. The fourth-order valence-corrected chi connectivity index (χ4v) is 4.78. The van der Waals surface area contributed by atoms with Crippen LogP contribution in [0, 0.1) is 5.41 Å². The number of nitrogens with one attached hydrogen (secondary N) is 3. The Morgan fingerprint density at radius 2 is 1.94 bits per heavy atom. The Labute approximate surface area is 199 Å². The number of aromatic nitrogens is 2. The van der Waals surface area contributed by atoms with Gasteiger partial charge in [-0.05, 0) is 44.8 Å². The number of anilines is 2. The molecule has 1 aromatic carbocycles. The quantitative estimate of drug-likeness (QED) is 0.265. The van der Waals surface area contributed by atoms with Crippen LogP contribution in [-0.4, -0.2) is 77.4 Å². The number of fused-ring (bicyclic) bond motifs is 1. The normalized spacial score (nSPS) is 12.1. The molecular formula is C22H28N6O3S2. The number of likely N-dealkylation sites (N-methyl/N-ethyl adjacent to an activating group) is 1. The first-order valence-electron chi connectivity index (χ1n) is 10.4.